The van der Waals surface area contributed by atoms with Crippen LogP contribution in [0, 0.1) is 0 Å². The first-order chi connectivity index (χ1) is 10.0. The van der Waals surface area contributed by atoms with Crippen LogP contribution in [-0.2, 0) is 14.3 Å². The lowest BCUT2D eigenvalue weighted by Crippen LogP contribution is -2.10. The maximum atomic E-state index is 11.6. The fourth-order valence-corrected chi connectivity index (χ4v) is 1.85. The molecule has 0 heterocycles. The smallest absolute Gasteiger partial charge is 0.311 e. The van der Waals surface area contributed by atoms with E-state index in [0.29, 0.717) is 18.1 Å². The maximum absolute atomic E-state index is 11.6. The lowest BCUT2D eigenvalue weighted by atomic mass is 10.2. The van der Waals surface area contributed by atoms with Crippen molar-refractivity contribution in [2.45, 2.75) is 39.0 Å². The third kappa shape index (κ3) is 6.82. The van der Waals surface area contributed by atoms with E-state index in [2.05, 4.69) is 0 Å². The highest BCUT2D eigenvalue weighted by Crippen LogP contribution is 2.31. The number of ether oxygens (including phenoxy) is 2. The van der Waals surface area contributed by atoms with Gasteiger partial charge < -0.3 is 9.47 Å². The second kappa shape index (κ2) is 9.64. The van der Waals surface area contributed by atoms with Gasteiger partial charge in [0.15, 0.2) is 5.75 Å². The van der Waals surface area contributed by atoms with E-state index < -0.39 is 5.97 Å². The molecule has 0 N–H and O–H groups in total. The largest absolute Gasteiger partial charge is 0.466 e. The molecule has 6 heteroatoms. The molecule has 0 bridgehead atoms. The van der Waals surface area contributed by atoms with Crippen LogP contribution in [0.25, 0.3) is 0 Å². The van der Waals surface area contributed by atoms with Crippen molar-refractivity contribution in [3.63, 3.8) is 0 Å². The normalized spacial score (nSPS) is 10.2. The molecule has 0 fully saturated rings. The molecule has 0 aliphatic rings. The molecule has 0 saturated heterocycles. The van der Waals surface area contributed by atoms with Crippen LogP contribution in [0.5, 0.6) is 5.75 Å². The zero-order chi connectivity index (χ0) is 15.7. The zero-order valence-corrected chi connectivity index (χ0v) is 13.4. The molecule has 0 atom stereocenters. The standard InChI is InChI=1S/C15H18Cl2O4/c1-2-3-10-20-13(18)8-5-9-14(19)21-12-7-4-6-11(16)15(12)17/h4,6-7H,2-3,5,8-10H2,1H3. The van der Waals surface area contributed by atoms with Crippen LogP contribution in [0.3, 0.4) is 0 Å². The molecule has 0 aliphatic heterocycles. The van der Waals surface area contributed by atoms with E-state index >= 15 is 0 Å². The second-order valence-electron chi connectivity index (χ2n) is 4.45. The van der Waals surface area contributed by atoms with Gasteiger partial charge in [-0.3, -0.25) is 9.59 Å². The Morgan fingerprint density at radius 3 is 2.52 bits per heavy atom. The SMILES string of the molecule is CCCCOC(=O)CCCC(=O)Oc1cccc(Cl)c1Cl. The molecule has 1 aromatic carbocycles. The van der Waals surface area contributed by atoms with Gasteiger partial charge in [0.1, 0.15) is 5.02 Å². The molecular weight excluding hydrogens is 315 g/mol. The Hall–Kier alpha value is -1.26. The lowest BCUT2D eigenvalue weighted by Gasteiger charge is -2.07. The van der Waals surface area contributed by atoms with E-state index in [-0.39, 0.29) is 29.6 Å². The van der Waals surface area contributed by atoms with E-state index in [1.165, 1.54) is 0 Å². The van der Waals surface area contributed by atoms with Crippen molar-refractivity contribution in [1.29, 1.82) is 0 Å². The van der Waals surface area contributed by atoms with Crippen LogP contribution >= 0.6 is 23.2 Å². The molecule has 1 rings (SSSR count). The molecule has 0 saturated carbocycles. The summed E-state index contributed by atoms with van der Waals surface area (Å²) in [5.74, 6) is -0.530. The fraction of sp³-hybridized carbons (Fsp3) is 0.467. The molecule has 21 heavy (non-hydrogen) atoms. The van der Waals surface area contributed by atoms with Crippen molar-refractivity contribution in [2.24, 2.45) is 0 Å². The highest BCUT2D eigenvalue weighted by atomic mass is 35.5. The molecule has 0 amide bonds. The van der Waals surface area contributed by atoms with E-state index in [1.54, 1.807) is 18.2 Å². The van der Waals surface area contributed by atoms with Crippen LogP contribution in [-0.4, -0.2) is 18.5 Å². The van der Waals surface area contributed by atoms with Crippen molar-refractivity contribution in [2.75, 3.05) is 6.61 Å². The number of halogens is 2. The summed E-state index contributed by atoms with van der Waals surface area (Å²) in [7, 11) is 0. The molecular formula is C15H18Cl2O4. The Kier molecular flexibility index (Phi) is 8.16. The molecule has 0 aliphatic carbocycles. The molecule has 1 aromatic rings. The summed E-state index contributed by atoms with van der Waals surface area (Å²) >= 11 is 11.7. The Labute approximate surface area is 134 Å². The van der Waals surface area contributed by atoms with Gasteiger partial charge in [-0.1, -0.05) is 42.6 Å². The monoisotopic (exact) mass is 332 g/mol. The van der Waals surface area contributed by atoms with E-state index in [9.17, 15) is 9.59 Å². The Bertz CT molecular complexity index is 489. The summed E-state index contributed by atoms with van der Waals surface area (Å²) in [5.41, 5.74) is 0. The van der Waals surface area contributed by atoms with Crippen LogP contribution in [0.2, 0.25) is 10.0 Å². The average Bonchev–Trinajstić information content (AvgIpc) is 2.44. The van der Waals surface area contributed by atoms with E-state index in [1.807, 2.05) is 6.92 Å². The Morgan fingerprint density at radius 1 is 1.10 bits per heavy atom. The number of hydrogen-bond donors (Lipinski definition) is 0. The minimum Gasteiger partial charge on any atom is -0.466 e. The molecule has 0 spiro atoms. The predicted molar refractivity (Wildman–Crippen MR) is 81.8 cm³/mol. The molecule has 0 aromatic heterocycles. The van der Waals surface area contributed by atoms with Crippen LogP contribution in [0.15, 0.2) is 18.2 Å². The van der Waals surface area contributed by atoms with Crippen molar-refractivity contribution in [3.05, 3.63) is 28.2 Å². The first-order valence-corrected chi connectivity index (χ1v) is 7.60. The van der Waals surface area contributed by atoms with Gasteiger partial charge in [0.05, 0.1) is 11.6 Å². The van der Waals surface area contributed by atoms with Gasteiger partial charge in [-0.15, -0.1) is 0 Å². The average molecular weight is 333 g/mol. The number of unbranched alkanes of at least 4 members (excludes halogenated alkanes) is 1. The number of esters is 2. The maximum Gasteiger partial charge on any atom is 0.311 e. The summed E-state index contributed by atoms with van der Waals surface area (Å²) in [5, 5.41) is 0.521. The van der Waals surface area contributed by atoms with Crippen molar-refractivity contribution >= 4 is 35.1 Å². The highest BCUT2D eigenvalue weighted by Gasteiger charge is 2.11. The summed E-state index contributed by atoms with van der Waals surface area (Å²) in [6.45, 7) is 2.45. The highest BCUT2D eigenvalue weighted by molar-refractivity contribution is 6.43. The molecule has 0 unspecified atom stereocenters. The van der Waals surface area contributed by atoms with Gasteiger partial charge in [0.25, 0.3) is 0 Å². The van der Waals surface area contributed by atoms with Gasteiger partial charge in [-0.2, -0.15) is 0 Å². The van der Waals surface area contributed by atoms with Crippen LogP contribution < -0.4 is 4.74 Å². The Balaban J connectivity index is 2.28. The summed E-state index contributed by atoms with van der Waals surface area (Å²) in [6, 6.07) is 4.81. The summed E-state index contributed by atoms with van der Waals surface area (Å²) in [4.78, 5) is 23.0. The number of benzene rings is 1. The number of hydrogen-bond acceptors (Lipinski definition) is 4. The fourth-order valence-electron chi connectivity index (χ4n) is 1.52. The van der Waals surface area contributed by atoms with Crippen LogP contribution in [0.4, 0.5) is 0 Å². The Morgan fingerprint density at radius 2 is 1.81 bits per heavy atom. The van der Waals surface area contributed by atoms with Gasteiger partial charge in [-0.25, -0.2) is 0 Å². The van der Waals surface area contributed by atoms with Gasteiger partial charge in [0.2, 0.25) is 0 Å². The third-order valence-corrected chi connectivity index (χ3v) is 3.46. The van der Waals surface area contributed by atoms with Gasteiger partial charge in [0, 0.05) is 12.8 Å². The second-order valence-corrected chi connectivity index (χ2v) is 5.24. The lowest BCUT2D eigenvalue weighted by molar-refractivity contribution is -0.144. The summed E-state index contributed by atoms with van der Waals surface area (Å²) in [6.07, 6.45) is 2.51. The number of carbonyl (C=O) groups is 2. The molecule has 116 valence electrons. The quantitative estimate of drug-likeness (QED) is 0.402. The van der Waals surface area contributed by atoms with Gasteiger partial charge >= 0.3 is 11.9 Å². The number of rotatable bonds is 8. The van der Waals surface area contributed by atoms with Gasteiger partial charge in [-0.05, 0) is 25.0 Å². The summed E-state index contributed by atoms with van der Waals surface area (Å²) < 4.78 is 10.1. The van der Waals surface area contributed by atoms with E-state index in [4.69, 9.17) is 32.7 Å². The first kappa shape index (κ1) is 17.8. The first-order valence-electron chi connectivity index (χ1n) is 6.85. The van der Waals surface area contributed by atoms with Crippen molar-refractivity contribution < 1.29 is 19.1 Å². The molecule has 4 nitrogen and oxygen atoms in total. The van der Waals surface area contributed by atoms with Crippen molar-refractivity contribution in [1.82, 2.24) is 0 Å². The minimum absolute atomic E-state index is 0.117. The van der Waals surface area contributed by atoms with E-state index in [0.717, 1.165) is 12.8 Å². The zero-order valence-electron chi connectivity index (χ0n) is 11.9. The minimum atomic E-state index is -0.458. The van der Waals surface area contributed by atoms with Crippen LogP contribution in [0.1, 0.15) is 39.0 Å². The third-order valence-electron chi connectivity index (χ3n) is 2.66. The number of carbonyl (C=O) groups excluding carboxylic acids is 2. The molecule has 0 radical (unpaired) electrons. The van der Waals surface area contributed by atoms with Crippen molar-refractivity contribution in [3.8, 4) is 5.75 Å². The predicted octanol–water partition coefficient (Wildman–Crippen LogP) is 4.41. The topological polar surface area (TPSA) is 52.6 Å².